The van der Waals surface area contributed by atoms with Crippen molar-refractivity contribution in [3.63, 3.8) is 0 Å². The topological polar surface area (TPSA) is 101 Å². The lowest BCUT2D eigenvalue weighted by molar-refractivity contribution is -0.146. The van der Waals surface area contributed by atoms with E-state index in [1.54, 1.807) is 36.5 Å². The number of esters is 1. The minimum Gasteiger partial charge on any atom is -0.459 e. The molecule has 0 aliphatic heterocycles. The van der Waals surface area contributed by atoms with E-state index in [1.165, 1.54) is 12.3 Å². The number of carbonyl (C=O) groups is 3. The largest absolute Gasteiger partial charge is 0.459 e. The van der Waals surface area contributed by atoms with Gasteiger partial charge in [0.25, 0.3) is 5.91 Å². The van der Waals surface area contributed by atoms with Gasteiger partial charge in [-0.3, -0.25) is 14.4 Å². The van der Waals surface area contributed by atoms with Crippen molar-refractivity contribution in [2.45, 2.75) is 6.10 Å². The highest BCUT2D eigenvalue weighted by molar-refractivity contribution is 6.10. The van der Waals surface area contributed by atoms with Gasteiger partial charge in [0, 0.05) is 28.2 Å². The average molecular weight is 402 g/mol. The first-order chi connectivity index (χ1) is 14.6. The third-order valence-electron chi connectivity index (χ3n) is 4.58. The van der Waals surface area contributed by atoms with Crippen LogP contribution in [0.3, 0.4) is 0 Å². The lowest BCUT2D eigenvalue weighted by atomic mass is 9.99. The van der Waals surface area contributed by atoms with Crippen molar-refractivity contribution in [3.8, 4) is 0 Å². The molecule has 0 bridgehead atoms. The van der Waals surface area contributed by atoms with Crippen molar-refractivity contribution in [2.75, 3.05) is 6.54 Å². The zero-order chi connectivity index (χ0) is 20.9. The number of para-hydroxylation sites is 1. The number of carbonyl (C=O) groups excluding carboxylic acids is 3. The Morgan fingerprint density at radius 3 is 2.50 bits per heavy atom. The first kappa shape index (κ1) is 19.2. The molecule has 0 radical (unpaired) electrons. The van der Waals surface area contributed by atoms with Crippen LogP contribution in [0.4, 0.5) is 0 Å². The summed E-state index contributed by atoms with van der Waals surface area (Å²) in [5, 5.41) is 3.16. The summed E-state index contributed by atoms with van der Waals surface area (Å²) < 4.78 is 10.5. The van der Waals surface area contributed by atoms with E-state index in [1.807, 2.05) is 30.3 Å². The SMILES string of the molecule is O=C(CNC(=O)c1ccco1)O[C@H](C(=O)c1c[nH]c2ccccc12)c1ccccc1. The van der Waals surface area contributed by atoms with Crippen LogP contribution < -0.4 is 5.32 Å². The fourth-order valence-electron chi connectivity index (χ4n) is 3.14. The summed E-state index contributed by atoms with van der Waals surface area (Å²) in [6, 6.07) is 19.2. The number of ether oxygens (including phenoxy) is 1. The number of nitrogens with one attached hydrogen (secondary N) is 2. The number of Topliss-reactive ketones (excluding diaryl/α,β-unsaturated/α-hetero) is 1. The predicted octanol–water partition coefficient (Wildman–Crippen LogP) is 3.66. The Morgan fingerprint density at radius 2 is 1.73 bits per heavy atom. The van der Waals surface area contributed by atoms with Gasteiger partial charge in [-0.1, -0.05) is 48.5 Å². The molecule has 7 nitrogen and oxygen atoms in total. The Morgan fingerprint density at radius 1 is 0.967 bits per heavy atom. The van der Waals surface area contributed by atoms with Gasteiger partial charge in [0.05, 0.1) is 6.26 Å². The van der Waals surface area contributed by atoms with Crippen LogP contribution in [0.1, 0.15) is 32.6 Å². The Kier molecular flexibility index (Phi) is 5.43. The van der Waals surface area contributed by atoms with Gasteiger partial charge in [-0.2, -0.15) is 0 Å². The molecule has 2 heterocycles. The van der Waals surface area contributed by atoms with Gasteiger partial charge in [-0.15, -0.1) is 0 Å². The maximum Gasteiger partial charge on any atom is 0.326 e. The van der Waals surface area contributed by atoms with E-state index in [0.717, 1.165) is 10.9 Å². The molecule has 0 aliphatic rings. The zero-order valence-electron chi connectivity index (χ0n) is 15.8. The number of rotatable bonds is 7. The maximum atomic E-state index is 13.3. The smallest absolute Gasteiger partial charge is 0.326 e. The van der Waals surface area contributed by atoms with Gasteiger partial charge in [-0.05, 0) is 18.2 Å². The van der Waals surface area contributed by atoms with E-state index >= 15 is 0 Å². The van der Waals surface area contributed by atoms with E-state index in [-0.39, 0.29) is 11.5 Å². The fourth-order valence-corrected chi connectivity index (χ4v) is 3.14. The second-order valence-corrected chi connectivity index (χ2v) is 6.55. The number of fused-ring (bicyclic) bond motifs is 1. The highest BCUT2D eigenvalue weighted by Crippen LogP contribution is 2.27. The van der Waals surface area contributed by atoms with Crippen molar-refractivity contribution >= 4 is 28.6 Å². The van der Waals surface area contributed by atoms with E-state index in [0.29, 0.717) is 11.1 Å². The standard InChI is InChI=1S/C23H18N2O5/c26-20(14-25-23(28)19-11-6-12-29-19)30-22(15-7-2-1-3-8-15)21(27)17-13-24-18-10-5-4-9-16(17)18/h1-13,22,24H,14H2,(H,25,28)/t22-/m0/s1. The van der Waals surface area contributed by atoms with Gasteiger partial charge in [0.1, 0.15) is 6.54 Å². The molecular weight excluding hydrogens is 384 g/mol. The van der Waals surface area contributed by atoms with Crippen LogP contribution in [0.25, 0.3) is 10.9 Å². The Balaban J connectivity index is 1.54. The second kappa shape index (κ2) is 8.48. The van der Waals surface area contributed by atoms with E-state index in [9.17, 15) is 14.4 Å². The van der Waals surface area contributed by atoms with E-state index < -0.39 is 24.5 Å². The number of H-pyrrole nitrogens is 1. The lowest BCUT2D eigenvalue weighted by Crippen LogP contribution is -2.32. The molecule has 4 aromatic rings. The summed E-state index contributed by atoms with van der Waals surface area (Å²) >= 11 is 0. The monoisotopic (exact) mass is 402 g/mol. The summed E-state index contributed by atoms with van der Waals surface area (Å²) in [5.41, 5.74) is 1.77. The molecular formula is C23H18N2O5. The summed E-state index contributed by atoms with van der Waals surface area (Å²) in [7, 11) is 0. The number of furan rings is 1. The first-order valence-electron chi connectivity index (χ1n) is 9.30. The predicted molar refractivity (Wildman–Crippen MR) is 109 cm³/mol. The molecule has 0 saturated heterocycles. The van der Waals surface area contributed by atoms with Crippen molar-refractivity contribution < 1.29 is 23.5 Å². The van der Waals surface area contributed by atoms with Crippen LogP contribution in [0.5, 0.6) is 0 Å². The van der Waals surface area contributed by atoms with Crippen LogP contribution in [0.15, 0.2) is 83.6 Å². The average Bonchev–Trinajstić information content (AvgIpc) is 3.46. The van der Waals surface area contributed by atoms with Gasteiger partial charge in [0.2, 0.25) is 5.78 Å². The zero-order valence-corrected chi connectivity index (χ0v) is 15.8. The van der Waals surface area contributed by atoms with Crippen molar-refractivity contribution in [3.05, 3.63) is 96.1 Å². The molecule has 2 N–H and O–H groups in total. The van der Waals surface area contributed by atoms with Crippen molar-refractivity contribution in [2.24, 2.45) is 0 Å². The fraction of sp³-hybridized carbons (Fsp3) is 0.0870. The Labute approximate surface area is 171 Å². The van der Waals surface area contributed by atoms with Gasteiger partial charge in [-0.25, -0.2) is 0 Å². The molecule has 1 amide bonds. The molecule has 0 spiro atoms. The molecule has 30 heavy (non-hydrogen) atoms. The summed E-state index contributed by atoms with van der Waals surface area (Å²) in [6.07, 6.45) is 1.83. The van der Waals surface area contributed by atoms with Crippen LogP contribution in [-0.4, -0.2) is 29.2 Å². The second-order valence-electron chi connectivity index (χ2n) is 6.55. The molecule has 2 aromatic carbocycles. The number of ketones is 1. The summed E-state index contributed by atoms with van der Waals surface area (Å²) in [5.74, 6) is -1.56. The van der Waals surface area contributed by atoms with Crippen molar-refractivity contribution in [1.29, 1.82) is 0 Å². The van der Waals surface area contributed by atoms with E-state index in [2.05, 4.69) is 10.3 Å². The van der Waals surface area contributed by atoms with Crippen LogP contribution in [0, 0.1) is 0 Å². The maximum absolute atomic E-state index is 13.3. The molecule has 150 valence electrons. The first-order valence-corrected chi connectivity index (χ1v) is 9.30. The van der Waals surface area contributed by atoms with Crippen LogP contribution >= 0.6 is 0 Å². The van der Waals surface area contributed by atoms with Crippen LogP contribution in [0.2, 0.25) is 0 Å². The van der Waals surface area contributed by atoms with Gasteiger partial charge in [0.15, 0.2) is 11.9 Å². The minimum absolute atomic E-state index is 0.0808. The van der Waals surface area contributed by atoms with Gasteiger partial charge >= 0.3 is 5.97 Å². The molecule has 7 heteroatoms. The highest BCUT2D eigenvalue weighted by atomic mass is 16.5. The van der Waals surface area contributed by atoms with E-state index in [4.69, 9.17) is 9.15 Å². The normalized spacial score (nSPS) is 11.7. The molecule has 0 fully saturated rings. The van der Waals surface area contributed by atoms with Crippen molar-refractivity contribution in [1.82, 2.24) is 10.3 Å². The highest BCUT2D eigenvalue weighted by Gasteiger charge is 2.28. The number of amides is 1. The number of aromatic amines is 1. The summed E-state index contributed by atoms with van der Waals surface area (Å²) in [4.78, 5) is 40.7. The number of hydrogen-bond acceptors (Lipinski definition) is 5. The lowest BCUT2D eigenvalue weighted by Gasteiger charge is -2.17. The molecule has 0 unspecified atom stereocenters. The molecule has 2 aromatic heterocycles. The van der Waals surface area contributed by atoms with Crippen LogP contribution in [-0.2, 0) is 9.53 Å². The Hall–Kier alpha value is -4.13. The number of benzene rings is 2. The minimum atomic E-state index is -1.14. The third-order valence-corrected chi connectivity index (χ3v) is 4.58. The molecule has 0 aliphatic carbocycles. The third kappa shape index (κ3) is 4.00. The molecule has 1 atom stereocenters. The molecule has 4 rings (SSSR count). The molecule has 0 saturated carbocycles. The number of aromatic nitrogens is 1. The Bertz CT molecular complexity index is 1180. The number of hydrogen-bond donors (Lipinski definition) is 2. The quantitative estimate of drug-likeness (QED) is 0.363. The summed E-state index contributed by atoms with van der Waals surface area (Å²) in [6.45, 7) is -0.399. The van der Waals surface area contributed by atoms with Gasteiger partial charge < -0.3 is 19.5 Å².